The van der Waals surface area contributed by atoms with Gasteiger partial charge in [0.15, 0.2) is 0 Å². The van der Waals surface area contributed by atoms with Crippen LogP contribution in [0, 0.1) is 5.92 Å². The molecule has 0 amide bonds. The third-order valence-corrected chi connectivity index (χ3v) is 5.31. The maximum absolute atomic E-state index is 4.52. The van der Waals surface area contributed by atoms with Gasteiger partial charge in [0.05, 0.1) is 5.69 Å². The van der Waals surface area contributed by atoms with Crippen molar-refractivity contribution in [3.05, 3.63) is 71.7 Å². The number of allylic oxidation sites excluding steroid dienone is 1. The summed E-state index contributed by atoms with van der Waals surface area (Å²) in [7, 11) is 0. The Kier molecular flexibility index (Phi) is 4.77. The molecule has 3 aromatic rings. The molecule has 1 fully saturated rings. The quantitative estimate of drug-likeness (QED) is 0.491. The van der Waals surface area contributed by atoms with Crippen molar-refractivity contribution in [3.8, 4) is 5.69 Å². The van der Waals surface area contributed by atoms with Crippen LogP contribution in [-0.4, -0.2) is 9.78 Å². The maximum Gasteiger partial charge on any atom is 0.0733 e. The summed E-state index contributed by atoms with van der Waals surface area (Å²) in [4.78, 5) is 0. The monoisotopic (exact) mass is 342 g/mol. The predicted molar refractivity (Wildman–Crippen MR) is 109 cm³/mol. The van der Waals surface area contributed by atoms with Gasteiger partial charge < -0.3 is 0 Å². The van der Waals surface area contributed by atoms with Crippen LogP contribution < -0.4 is 0 Å². The summed E-state index contributed by atoms with van der Waals surface area (Å²) in [5, 5.41) is 7.04. The van der Waals surface area contributed by atoms with Gasteiger partial charge in [0.25, 0.3) is 0 Å². The molecule has 1 heterocycles. The van der Waals surface area contributed by atoms with Crippen molar-refractivity contribution >= 4 is 16.3 Å². The Morgan fingerprint density at radius 1 is 1.08 bits per heavy atom. The smallest absolute Gasteiger partial charge is 0.0733 e. The van der Waals surface area contributed by atoms with E-state index in [0.29, 0.717) is 0 Å². The Morgan fingerprint density at radius 3 is 2.46 bits per heavy atom. The highest BCUT2D eigenvalue weighted by atomic mass is 15.3. The molecule has 1 saturated carbocycles. The van der Waals surface area contributed by atoms with Crippen LogP contribution in [-0.2, 0) is 0 Å². The van der Waals surface area contributed by atoms with Gasteiger partial charge in [-0.3, -0.25) is 0 Å². The molecule has 0 aliphatic heterocycles. The molecule has 2 aromatic carbocycles. The van der Waals surface area contributed by atoms with E-state index in [4.69, 9.17) is 0 Å². The lowest BCUT2D eigenvalue weighted by Gasteiger charge is -2.17. The van der Waals surface area contributed by atoms with E-state index in [1.807, 2.05) is 23.1 Å². The molecular formula is C24H26N2. The Morgan fingerprint density at radius 2 is 1.81 bits per heavy atom. The summed E-state index contributed by atoms with van der Waals surface area (Å²) in [6, 6.07) is 15.2. The molecule has 2 nitrogen and oxygen atoms in total. The molecule has 2 heteroatoms. The molecule has 0 radical (unpaired) electrons. The topological polar surface area (TPSA) is 17.8 Å². The second kappa shape index (κ2) is 7.35. The highest BCUT2D eigenvalue weighted by molar-refractivity contribution is 5.90. The van der Waals surface area contributed by atoms with Crippen LogP contribution >= 0.6 is 0 Å². The van der Waals surface area contributed by atoms with Crippen LogP contribution in [0.1, 0.15) is 51.5 Å². The van der Waals surface area contributed by atoms with E-state index < -0.39 is 0 Å². The first kappa shape index (κ1) is 16.9. The number of fused-ring (bicyclic) bond motifs is 1. The summed E-state index contributed by atoms with van der Waals surface area (Å²) in [6.07, 6.45) is 10.4. The minimum atomic E-state index is 0.786. The zero-order valence-corrected chi connectivity index (χ0v) is 15.7. The summed E-state index contributed by atoms with van der Waals surface area (Å²) < 4.78 is 1.99. The molecule has 1 aromatic heterocycles. The fourth-order valence-corrected chi connectivity index (χ4v) is 4.10. The second-order valence-electron chi connectivity index (χ2n) is 7.63. The summed E-state index contributed by atoms with van der Waals surface area (Å²) >= 11 is 0. The number of rotatable bonds is 4. The lowest BCUT2D eigenvalue weighted by Crippen LogP contribution is -2.03. The molecule has 0 atom stereocenters. The fourth-order valence-electron chi connectivity index (χ4n) is 4.10. The van der Waals surface area contributed by atoms with E-state index in [2.05, 4.69) is 61.1 Å². The van der Waals surface area contributed by atoms with E-state index in [1.54, 1.807) is 0 Å². The third kappa shape index (κ3) is 3.52. The van der Waals surface area contributed by atoms with Crippen molar-refractivity contribution in [1.82, 2.24) is 9.78 Å². The van der Waals surface area contributed by atoms with Gasteiger partial charge in [-0.2, -0.15) is 5.10 Å². The van der Waals surface area contributed by atoms with Gasteiger partial charge in [-0.05, 0) is 60.7 Å². The molecule has 0 spiro atoms. The van der Waals surface area contributed by atoms with Gasteiger partial charge in [0, 0.05) is 23.5 Å². The first-order valence-corrected chi connectivity index (χ1v) is 9.67. The van der Waals surface area contributed by atoms with Crippen LogP contribution in [0.5, 0.6) is 0 Å². The molecule has 0 saturated heterocycles. The van der Waals surface area contributed by atoms with Crippen molar-refractivity contribution in [1.29, 1.82) is 0 Å². The molecule has 0 bridgehead atoms. The summed E-state index contributed by atoms with van der Waals surface area (Å²) in [6.45, 7) is 4.28. The van der Waals surface area contributed by atoms with Crippen LogP contribution in [0.3, 0.4) is 0 Å². The number of nitrogens with zero attached hydrogens (tertiary/aromatic N) is 2. The van der Waals surface area contributed by atoms with Crippen LogP contribution in [0.15, 0.2) is 66.2 Å². The van der Waals surface area contributed by atoms with Crippen molar-refractivity contribution in [2.24, 2.45) is 5.92 Å². The largest absolute Gasteiger partial charge is 0.240 e. The summed E-state index contributed by atoms with van der Waals surface area (Å²) in [5.74, 6) is 0.786. The van der Waals surface area contributed by atoms with Crippen molar-refractivity contribution in [2.75, 3.05) is 0 Å². The molecule has 1 aliphatic rings. The third-order valence-electron chi connectivity index (χ3n) is 5.31. The van der Waals surface area contributed by atoms with Gasteiger partial charge in [0.1, 0.15) is 0 Å². The number of benzene rings is 2. The molecular weight excluding hydrogens is 316 g/mol. The lowest BCUT2D eigenvalue weighted by atomic mass is 9.91. The number of hydrogen-bond donors (Lipinski definition) is 0. The molecule has 4 rings (SSSR count). The van der Waals surface area contributed by atoms with Crippen molar-refractivity contribution in [2.45, 2.75) is 46.0 Å². The zero-order chi connectivity index (χ0) is 17.9. The standard InChI is InChI=1S/C24H26N2/c1-18(2)14-22(15-19-8-3-4-9-19)23-16-20-10-5-6-11-21(20)17-24(23)26-13-7-12-25-26/h5-7,10-13,16-17,19H,3-4,8-9,15H2,1-2H3. The molecule has 0 unspecified atom stereocenters. The van der Waals surface area contributed by atoms with Crippen LogP contribution in [0.25, 0.3) is 22.0 Å². The number of aromatic nitrogens is 2. The van der Waals surface area contributed by atoms with E-state index in [1.165, 1.54) is 53.2 Å². The Balaban J connectivity index is 1.91. The fraction of sp³-hybridized carbons (Fsp3) is 0.333. The zero-order valence-electron chi connectivity index (χ0n) is 15.7. The van der Waals surface area contributed by atoms with E-state index in [9.17, 15) is 0 Å². The van der Waals surface area contributed by atoms with Gasteiger partial charge >= 0.3 is 0 Å². The average Bonchev–Trinajstić information content (AvgIpc) is 3.33. The van der Waals surface area contributed by atoms with Crippen molar-refractivity contribution < 1.29 is 0 Å². The van der Waals surface area contributed by atoms with E-state index in [0.717, 1.165) is 18.0 Å². The van der Waals surface area contributed by atoms with Gasteiger partial charge in [-0.25, -0.2) is 4.68 Å². The average molecular weight is 342 g/mol. The molecule has 0 N–H and O–H groups in total. The minimum Gasteiger partial charge on any atom is -0.240 e. The molecule has 132 valence electrons. The predicted octanol–water partition coefficient (Wildman–Crippen LogP) is 6.55. The lowest BCUT2D eigenvalue weighted by molar-refractivity contribution is 0.565. The maximum atomic E-state index is 4.52. The van der Waals surface area contributed by atoms with Crippen molar-refractivity contribution in [3.63, 3.8) is 0 Å². The Hall–Kier alpha value is -2.57. The van der Waals surface area contributed by atoms with Gasteiger partial charge in [-0.1, -0.05) is 49.9 Å². The van der Waals surface area contributed by atoms with Gasteiger partial charge in [0.2, 0.25) is 0 Å². The normalized spacial score (nSPS) is 14.5. The Bertz CT molecular complexity index is 963. The van der Waals surface area contributed by atoms with E-state index in [-0.39, 0.29) is 0 Å². The first-order valence-electron chi connectivity index (χ1n) is 9.67. The highest BCUT2D eigenvalue weighted by Crippen LogP contribution is 2.36. The van der Waals surface area contributed by atoms with Crippen LogP contribution in [0.2, 0.25) is 0 Å². The molecule has 26 heavy (non-hydrogen) atoms. The SMILES string of the molecule is CC(C)=C=C(CC1CCCC1)c1cc2ccccc2cc1-n1cccn1. The van der Waals surface area contributed by atoms with E-state index >= 15 is 0 Å². The minimum absolute atomic E-state index is 0.786. The second-order valence-corrected chi connectivity index (χ2v) is 7.63. The first-order chi connectivity index (χ1) is 12.7. The summed E-state index contributed by atoms with van der Waals surface area (Å²) in [5.41, 5.74) is 8.66. The van der Waals surface area contributed by atoms with Crippen LogP contribution in [0.4, 0.5) is 0 Å². The highest BCUT2D eigenvalue weighted by Gasteiger charge is 2.20. The number of hydrogen-bond acceptors (Lipinski definition) is 1. The van der Waals surface area contributed by atoms with Gasteiger partial charge in [-0.15, -0.1) is 5.73 Å². The molecule has 1 aliphatic carbocycles. The Labute approximate surface area is 155 Å².